The van der Waals surface area contributed by atoms with Crippen molar-refractivity contribution in [3.05, 3.63) is 46.1 Å². The Morgan fingerprint density at radius 3 is 2.44 bits per heavy atom. The maximum absolute atomic E-state index is 13.6. The van der Waals surface area contributed by atoms with Crippen molar-refractivity contribution in [1.82, 2.24) is 9.97 Å². The van der Waals surface area contributed by atoms with Crippen LogP contribution in [-0.4, -0.2) is 9.97 Å². The van der Waals surface area contributed by atoms with Gasteiger partial charge in [0.2, 0.25) is 0 Å². The minimum atomic E-state index is -0.390. The van der Waals surface area contributed by atoms with Crippen LogP contribution in [0.3, 0.4) is 0 Å². The van der Waals surface area contributed by atoms with E-state index >= 15 is 0 Å². The third kappa shape index (κ3) is 2.17. The zero-order valence-electron chi connectivity index (χ0n) is 9.04. The molecule has 0 fully saturated rings. The quantitative estimate of drug-likeness (QED) is 0.764. The Hall–Kier alpha value is -1.55. The average molecular weight is 234 g/mol. The molecule has 0 aliphatic carbocycles. The summed E-state index contributed by atoms with van der Waals surface area (Å²) in [6.45, 7) is 3.95. The van der Waals surface area contributed by atoms with Gasteiger partial charge < -0.3 is 4.98 Å². The number of halogens is 1. The van der Waals surface area contributed by atoms with Gasteiger partial charge in [0.1, 0.15) is 0 Å². The van der Waals surface area contributed by atoms with Crippen LogP contribution < -0.4 is 0 Å². The lowest BCUT2D eigenvalue weighted by molar-refractivity contribution is 0.617. The van der Waals surface area contributed by atoms with Crippen molar-refractivity contribution in [3.8, 4) is 11.3 Å². The van der Waals surface area contributed by atoms with Crippen molar-refractivity contribution < 1.29 is 4.39 Å². The molecule has 0 bridgehead atoms. The fourth-order valence-electron chi connectivity index (χ4n) is 1.71. The Kier molecular flexibility index (Phi) is 2.83. The predicted octanol–water partition coefficient (Wildman–Crippen LogP) is 3.56. The molecule has 2 nitrogen and oxygen atoms in total. The summed E-state index contributed by atoms with van der Waals surface area (Å²) in [5.41, 5.74) is 3.37. The van der Waals surface area contributed by atoms with Gasteiger partial charge in [0.05, 0.1) is 11.9 Å². The van der Waals surface area contributed by atoms with E-state index in [1.54, 1.807) is 0 Å². The number of aromatic nitrogens is 2. The first-order chi connectivity index (χ1) is 7.56. The smallest absolute Gasteiger partial charge is 0.197 e. The summed E-state index contributed by atoms with van der Waals surface area (Å²) in [5, 5.41) is 0. The lowest BCUT2D eigenvalue weighted by Gasteiger charge is -2.06. The van der Waals surface area contributed by atoms with E-state index in [-0.39, 0.29) is 4.77 Å². The van der Waals surface area contributed by atoms with Gasteiger partial charge >= 0.3 is 0 Å². The van der Waals surface area contributed by atoms with E-state index in [0.29, 0.717) is 5.69 Å². The number of aromatic amines is 1. The third-order valence-corrected chi connectivity index (χ3v) is 2.48. The van der Waals surface area contributed by atoms with Crippen molar-refractivity contribution in [1.29, 1.82) is 0 Å². The van der Waals surface area contributed by atoms with Gasteiger partial charge in [0, 0.05) is 5.56 Å². The monoisotopic (exact) mass is 234 g/mol. The van der Waals surface area contributed by atoms with Gasteiger partial charge in [-0.2, -0.15) is 0 Å². The first-order valence-electron chi connectivity index (χ1n) is 4.90. The summed E-state index contributed by atoms with van der Waals surface area (Å²) in [5.74, 6) is -0.390. The highest BCUT2D eigenvalue weighted by Crippen LogP contribution is 2.22. The molecule has 0 aliphatic rings. The van der Waals surface area contributed by atoms with Crippen LogP contribution in [0.2, 0.25) is 0 Å². The summed E-state index contributed by atoms with van der Waals surface area (Å²) in [6, 6.07) is 5.87. The van der Waals surface area contributed by atoms with Gasteiger partial charge in [-0.3, -0.25) is 0 Å². The van der Waals surface area contributed by atoms with Crippen molar-refractivity contribution in [2.75, 3.05) is 0 Å². The van der Waals surface area contributed by atoms with E-state index in [4.69, 9.17) is 12.2 Å². The van der Waals surface area contributed by atoms with Gasteiger partial charge in [-0.15, -0.1) is 0 Å². The van der Waals surface area contributed by atoms with E-state index in [1.807, 2.05) is 32.0 Å². The fourth-order valence-corrected chi connectivity index (χ4v) is 1.86. The van der Waals surface area contributed by atoms with Crippen LogP contribution in [0.5, 0.6) is 0 Å². The molecule has 0 unspecified atom stereocenters. The van der Waals surface area contributed by atoms with Gasteiger partial charge in [0.15, 0.2) is 10.6 Å². The summed E-state index contributed by atoms with van der Waals surface area (Å²) in [6.07, 6.45) is 1.14. The van der Waals surface area contributed by atoms with Gasteiger partial charge in [-0.05, 0) is 38.2 Å². The molecule has 0 radical (unpaired) electrons. The maximum Gasteiger partial charge on any atom is 0.197 e. The molecule has 16 heavy (non-hydrogen) atoms. The number of nitrogens with one attached hydrogen (secondary N) is 1. The second-order valence-electron chi connectivity index (χ2n) is 3.79. The summed E-state index contributed by atoms with van der Waals surface area (Å²) in [7, 11) is 0. The molecule has 0 spiro atoms. The first-order valence-corrected chi connectivity index (χ1v) is 5.30. The zero-order valence-corrected chi connectivity index (χ0v) is 9.86. The van der Waals surface area contributed by atoms with E-state index in [0.717, 1.165) is 22.9 Å². The number of benzene rings is 1. The largest absolute Gasteiger partial charge is 0.328 e. The van der Waals surface area contributed by atoms with Crippen LogP contribution in [0, 0.1) is 24.4 Å². The summed E-state index contributed by atoms with van der Waals surface area (Å²) < 4.78 is 13.9. The lowest BCUT2D eigenvalue weighted by Crippen LogP contribution is -1.93. The minimum absolute atomic E-state index is 0.288. The number of nitrogens with zero attached hydrogens (tertiary/aromatic N) is 1. The van der Waals surface area contributed by atoms with Crippen LogP contribution in [0.25, 0.3) is 11.3 Å². The Labute approximate surface area is 98.2 Å². The predicted molar refractivity (Wildman–Crippen MR) is 64.3 cm³/mol. The highest BCUT2D eigenvalue weighted by atomic mass is 32.1. The van der Waals surface area contributed by atoms with Gasteiger partial charge in [-0.1, -0.05) is 17.2 Å². The molecular formula is C12H11FN2S. The number of hydrogen-bond donors (Lipinski definition) is 1. The molecule has 0 atom stereocenters. The number of H-pyrrole nitrogens is 1. The van der Waals surface area contributed by atoms with E-state index < -0.39 is 5.82 Å². The van der Waals surface area contributed by atoms with Crippen LogP contribution in [0.1, 0.15) is 11.1 Å². The molecule has 0 saturated carbocycles. The second kappa shape index (κ2) is 4.14. The topological polar surface area (TPSA) is 28.7 Å². The number of aryl methyl sites for hydroxylation is 2. The summed E-state index contributed by atoms with van der Waals surface area (Å²) in [4.78, 5) is 6.47. The Bertz CT molecular complexity index is 570. The maximum atomic E-state index is 13.6. The lowest BCUT2D eigenvalue weighted by atomic mass is 10.0. The zero-order chi connectivity index (χ0) is 11.7. The van der Waals surface area contributed by atoms with E-state index in [2.05, 4.69) is 9.97 Å². The molecule has 4 heteroatoms. The van der Waals surface area contributed by atoms with Crippen LogP contribution in [0.4, 0.5) is 4.39 Å². The van der Waals surface area contributed by atoms with Crippen LogP contribution in [-0.2, 0) is 0 Å². The Balaban J connectivity index is 2.66. The van der Waals surface area contributed by atoms with Gasteiger partial charge in [-0.25, -0.2) is 9.37 Å². The third-order valence-electron chi connectivity index (χ3n) is 2.28. The normalized spacial score (nSPS) is 10.4. The molecule has 0 amide bonds. The standard InChI is InChI=1S/C12H11FN2S/c1-7-3-8(2)5-9(4-7)11-10(13)6-14-12(16)15-11/h3-6H,1-2H3,(H,14,15,16). The van der Waals surface area contributed by atoms with Crippen molar-refractivity contribution in [2.45, 2.75) is 13.8 Å². The molecular weight excluding hydrogens is 223 g/mol. The SMILES string of the molecule is Cc1cc(C)cc(-c2[nH]c(=S)ncc2F)c1. The highest BCUT2D eigenvalue weighted by molar-refractivity contribution is 7.71. The first kappa shape index (κ1) is 11.0. The molecule has 82 valence electrons. The molecule has 1 aromatic heterocycles. The van der Waals surface area contributed by atoms with Crippen molar-refractivity contribution >= 4 is 12.2 Å². The molecule has 1 heterocycles. The Morgan fingerprint density at radius 1 is 1.19 bits per heavy atom. The summed E-state index contributed by atoms with van der Waals surface area (Å²) >= 11 is 4.89. The molecule has 0 aliphatic heterocycles. The van der Waals surface area contributed by atoms with Crippen LogP contribution in [0.15, 0.2) is 24.4 Å². The van der Waals surface area contributed by atoms with E-state index in [1.165, 1.54) is 0 Å². The van der Waals surface area contributed by atoms with E-state index in [9.17, 15) is 4.39 Å². The number of hydrogen-bond acceptors (Lipinski definition) is 2. The highest BCUT2D eigenvalue weighted by Gasteiger charge is 2.06. The molecule has 1 N–H and O–H groups in total. The van der Waals surface area contributed by atoms with Gasteiger partial charge in [0.25, 0.3) is 0 Å². The molecule has 1 aromatic carbocycles. The molecule has 0 saturated heterocycles. The second-order valence-corrected chi connectivity index (χ2v) is 4.17. The Morgan fingerprint density at radius 2 is 1.81 bits per heavy atom. The molecule has 2 rings (SSSR count). The van der Waals surface area contributed by atoms with Crippen molar-refractivity contribution in [2.24, 2.45) is 0 Å². The molecule has 2 aromatic rings. The van der Waals surface area contributed by atoms with Crippen molar-refractivity contribution in [3.63, 3.8) is 0 Å². The average Bonchev–Trinajstić information content (AvgIpc) is 2.20. The number of rotatable bonds is 1. The fraction of sp³-hybridized carbons (Fsp3) is 0.167. The van der Waals surface area contributed by atoms with Crippen LogP contribution >= 0.6 is 12.2 Å². The minimum Gasteiger partial charge on any atom is -0.328 e.